The lowest BCUT2D eigenvalue weighted by molar-refractivity contribution is 0.583. The van der Waals surface area contributed by atoms with Gasteiger partial charge in [0.15, 0.2) is 0 Å². The maximum atomic E-state index is 13.3. The van der Waals surface area contributed by atoms with Gasteiger partial charge in [0.25, 0.3) is 0 Å². The predicted octanol–water partition coefficient (Wildman–Crippen LogP) is 4.95. The van der Waals surface area contributed by atoms with E-state index < -0.39 is 0 Å². The second-order valence-electron chi connectivity index (χ2n) is 4.24. The van der Waals surface area contributed by atoms with Crippen molar-refractivity contribution in [3.8, 4) is 0 Å². The van der Waals surface area contributed by atoms with Crippen LogP contribution >= 0.6 is 11.6 Å². The van der Waals surface area contributed by atoms with E-state index in [1.807, 2.05) is 12.1 Å². The van der Waals surface area contributed by atoms with E-state index in [0.29, 0.717) is 6.42 Å². The largest absolute Gasteiger partial charge is 0.207 e. The Morgan fingerprint density at radius 1 is 1.19 bits per heavy atom. The van der Waals surface area contributed by atoms with Gasteiger partial charge in [0.05, 0.1) is 0 Å². The average molecular weight is 243 g/mol. The summed E-state index contributed by atoms with van der Waals surface area (Å²) in [4.78, 5) is 0. The van der Waals surface area contributed by atoms with Crippen molar-refractivity contribution in [1.82, 2.24) is 0 Å². The van der Waals surface area contributed by atoms with E-state index in [4.69, 9.17) is 11.6 Å². The van der Waals surface area contributed by atoms with Gasteiger partial charge >= 0.3 is 0 Å². The number of hydrogen-bond donors (Lipinski definition) is 0. The molecule has 0 aliphatic carbocycles. The summed E-state index contributed by atoms with van der Waals surface area (Å²) in [6, 6.07) is 6.88. The molecule has 0 saturated heterocycles. The smallest absolute Gasteiger partial charge is 0.126 e. The van der Waals surface area contributed by atoms with Crippen LogP contribution in [0.2, 0.25) is 0 Å². The van der Waals surface area contributed by atoms with Crippen molar-refractivity contribution in [2.24, 2.45) is 0 Å². The van der Waals surface area contributed by atoms with Crippen molar-refractivity contribution in [2.75, 3.05) is 0 Å². The molecule has 16 heavy (non-hydrogen) atoms. The first-order valence-corrected chi connectivity index (χ1v) is 6.55. The second kappa shape index (κ2) is 7.67. The molecule has 0 nitrogen and oxygen atoms in total. The number of benzene rings is 1. The van der Waals surface area contributed by atoms with E-state index in [2.05, 4.69) is 6.92 Å². The maximum Gasteiger partial charge on any atom is 0.126 e. The van der Waals surface area contributed by atoms with E-state index in [1.165, 1.54) is 25.3 Å². The van der Waals surface area contributed by atoms with E-state index in [9.17, 15) is 4.39 Å². The lowest BCUT2D eigenvalue weighted by Gasteiger charge is -2.09. The third kappa shape index (κ3) is 4.98. The molecule has 0 bridgehead atoms. The van der Waals surface area contributed by atoms with E-state index >= 15 is 0 Å². The number of rotatable bonds is 7. The molecule has 1 aromatic carbocycles. The Hall–Kier alpha value is -0.560. The van der Waals surface area contributed by atoms with Crippen molar-refractivity contribution in [3.05, 3.63) is 35.6 Å². The summed E-state index contributed by atoms with van der Waals surface area (Å²) in [5.74, 6) is -0.137. The van der Waals surface area contributed by atoms with Crippen molar-refractivity contribution in [1.29, 1.82) is 0 Å². The molecule has 0 aromatic heterocycles. The molecule has 0 aliphatic heterocycles. The van der Waals surface area contributed by atoms with Crippen LogP contribution in [0.1, 0.15) is 44.6 Å². The Kier molecular flexibility index (Phi) is 6.47. The molecule has 0 spiro atoms. The molecule has 0 aliphatic rings. The Labute approximate surface area is 103 Å². The standard InChI is InChI=1S/C14H20ClF/c1-2-3-4-5-9-13(15)11-12-8-6-7-10-14(12)16/h6-8,10,13H,2-5,9,11H2,1H3. The van der Waals surface area contributed by atoms with Gasteiger partial charge in [0, 0.05) is 5.38 Å². The molecule has 0 amide bonds. The molecule has 1 atom stereocenters. The summed E-state index contributed by atoms with van der Waals surface area (Å²) in [6.45, 7) is 2.19. The van der Waals surface area contributed by atoms with Gasteiger partial charge in [0.2, 0.25) is 0 Å². The lowest BCUT2D eigenvalue weighted by Crippen LogP contribution is -2.05. The molecule has 0 N–H and O–H groups in total. The quantitative estimate of drug-likeness (QED) is 0.469. The fourth-order valence-electron chi connectivity index (χ4n) is 1.80. The number of unbranched alkanes of at least 4 members (excludes halogenated alkanes) is 3. The van der Waals surface area contributed by atoms with Crippen LogP contribution in [0.3, 0.4) is 0 Å². The van der Waals surface area contributed by atoms with Gasteiger partial charge in [-0.25, -0.2) is 4.39 Å². The van der Waals surface area contributed by atoms with E-state index in [1.54, 1.807) is 6.07 Å². The summed E-state index contributed by atoms with van der Waals surface area (Å²) in [6.07, 6.45) is 6.51. The summed E-state index contributed by atoms with van der Waals surface area (Å²) >= 11 is 6.20. The van der Waals surface area contributed by atoms with E-state index in [0.717, 1.165) is 18.4 Å². The highest BCUT2D eigenvalue weighted by molar-refractivity contribution is 6.20. The van der Waals surface area contributed by atoms with Crippen LogP contribution in [0.15, 0.2) is 24.3 Å². The Morgan fingerprint density at radius 3 is 2.62 bits per heavy atom. The first kappa shape index (κ1) is 13.5. The zero-order chi connectivity index (χ0) is 11.8. The van der Waals surface area contributed by atoms with Gasteiger partial charge in [-0.2, -0.15) is 0 Å². The molecule has 0 saturated carbocycles. The van der Waals surface area contributed by atoms with Crippen LogP contribution in [0.5, 0.6) is 0 Å². The molecule has 2 heteroatoms. The average Bonchev–Trinajstić information content (AvgIpc) is 2.28. The highest BCUT2D eigenvalue weighted by atomic mass is 35.5. The van der Waals surface area contributed by atoms with Gasteiger partial charge < -0.3 is 0 Å². The Morgan fingerprint density at radius 2 is 1.94 bits per heavy atom. The summed E-state index contributed by atoms with van der Waals surface area (Å²) in [7, 11) is 0. The van der Waals surface area contributed by atoms with Gasteiger partial charge in [0.1, 0.15) is 5.82 Å². The first-order valence-electron chi connectivity index (χ1n) is 6.11. The van der Waals surface area contributed by atoms with Gasteiger partial charge in [-0.1, -0.05) is 50.8 Å². The van der Waals surface area contributed by atoms with Crippen molar-refractivity contribution >= 4 is 11.6 Å². The van der Waals surface area contributed by atoms with Crippen LogP contribution in [-0.2, 0) is 6.42 Å². The minimum atomic E-state index is -0.137. The first-order chi connectivity index (χ1) is 7.74. The predicted molar refractivity (Wildman–Crippen MR) is 68.5 cm³/mol. The van der Waals surface area contributed by atoms with Crippen LogP contribution in [-0.4, -0.2) is 5.38 Å². The molecule has 0 fully saturated rings. The molecular formula is C14H20ClF. The summed E-state index contributed by atoms with van der Waals surface area (Å²) in [5.41, 5.74) is 0.734. The zero-order valence-electron chi connectivity index (χ0n) is 9.89. The highest BCUT2D eigenvalue weighted by Gasteiger charge is 2.08. The van der Waals surface area contributed by atoms with Gasteiger partial charge in [-0.15, -0.1) is 11.6 Å². The van der Waals surface area contributed by atoms with Crippen LogP contribution in [0.4, 0.5) is 4.39 Å². The third-order valence-electron chi connectivity index (χ3n) is 2.77. The van der Waals surface area contributed by atoms with E-state index in [-0.39, 0.29) is 11.2 Å². The number of halogens is 2. The SMILES string of the molecule is CCCCCCC(Cl)Cc1ccccc1F. The summed E-state index contributed by atoms with van der Waals surface area (Å²) in [5, 5.41) is 0.0637. The molecule has 0 heterocycles. The maximum absolute atomic E-state index is 13.3. The number of hydrogen-bond acceptors (Lipinski definition) is 0. The highest BCUT2D eigenvalue weighted by Crippen LogP contribution is 2.17. The minimum Gasteiger partial charge on any atom is -0.207 e. The summed E-state index contributed by atoms with van der Waals surface area (Å²) < 4.78 is 13.3. The van der Waals surface area contributed by atoms with Crippen LogP contribution < -0.4 is 0 Å². The van der Waals surface area contributed by atoms with Crippen molar-refractivity contribution < 1.29 is 4.39 Å². The van der Waals surface area contributed by atoms with Crippen LogP contribution in [0.25, 0.3) is 0 Å². The Bertz CT molecular complexity index is 299. The lowest BCUT2D eigenvalue weighted by atomic mass is 10.0. The zero-order valence-corrected chi connectivity index (χ0v) is 10.6. The number of alkyl halides is 1. The normalized spacial score (nSPS) is 12.7. The molecular weight excluding hydrogens is 223 g/mol. The third-order valence-corrected chi connectivity index (χ3v) is 3.14. The van der Waals surface area contributed by atoms with Crippen molar-refractivity contribution in [2.45, 2.75) is 50.8 Å². The second-order valence-corrected chi connectivity index (χ2v) is 4.86. The monoisotopic (exact) mass is 242 g/mol. The fraction of sp³-hybridized carbons (Fsp3) is 0.571. The molecule has 90 valence electrons. The fourth-order valence-corrected chi connectivity index (χ4v) is 2.12. The molecule has 1 rings (SSSR count). The van der Waals surface area contributed by atoms with Gasteiger partial charge in [-0.3, -0.25) is 0 Å². The van der Waals surface area contributed by atoms with Crippen LogP contribution in [0, 0.1) is 5.82 Å². The molecule has 0 radical (unpaired) electrons. The topological polar surface area (TPSA) is 0 Å². The Balaban J connectivity index is 2.28. The van der Waals surface area contributed by atoms with Gasteiger partial charge in [-0.05, 0) is 24.5 Å². The molecule has 1 unspecified atom stereocenters. The molecule has 1 aromatic rings. The minimum absolute atomic E-state index is 0.0637. The van der Waals surface area contributed by atoms with Crippen molar-refractivity contribution in [3.63, 3.8) is 0 Å².